The fraction of sp³-hybridized carbons (Fsp3) is 0.462. The molecule has 0 radical (unpaired) electrons. The van der Waals surface area contributed by atoms with Crippen LogP contribution in [0.4, 0.5) is 5.82 Å². The lowest BCUT2D eigenvalue weighted by Gasteiger charge is -2.10. The van der Waals surface area contributed by atoms with Crippen LogP contribution >= 0.6 is 0 Å². The Morgan fingerprint density at radius 1 is 1.28 bits per heavy atom. The molecule has 0 atom stereocenters. The van der Waals surface area contributed by atoms with Gasteiger partial charge in [-0.1, -0.05) is 6.92 Å². The van der Waals surface area contributed by atoms with E-state index >= 15 is 0 Å². The lowest BCUT2D eigenvalue weighted by atomic mass is 10.1. The first-order chi connectivity index (χ1) is 8.76. The van der Waals surface area contributed by atoms with Crippen molar-refractivity contribution in [3.8, 4) is 0 Å². The minimum absolute atomic E-state index is 0.746. The van der Waals surface area contributed by atoms with Crippen LogP contribution in [-0.4, -0.2) is 26.6 Å². The van der Waals surface area contributed by atoms with E-state index in [9.17, 15) is 0 Å². The van der Waals surface area contributed by atoms with E-state index in [-0.39, 0.29) is 0 Å². The number of hydrogen-bond acceptors (Lipinski definition) is 4. The number of nitrogens with one attached hydrogen (secondary N) is 1. The maximum atomic E-state index is 4.41. The van der Waals surface area contributed by atoms with Crippen molar-refractivity contribution in [2.45, 2.75) is 33.2 Å². The Labute approximate surface area is 107 Å². The zero-order valence-corrected chi connectivity index (χ0v) is 11.1. The molecular weight excluding hydrogens is 226 g/mol. The van der Waals surface area contributed by atoms with Gasteiger partial charge in [0.2, 0.25) is 0 Å². The minimum Gasteiger partial charge on any atom is -0.373 e. The molecule has 96 valence electrons. The number of aromatic nitrogens is 4. The predicted molar refractivity (Wildman–Crippen MR) is 71.6 cm³/mol. The highest BCUT2D eigenvalue weighted by Gasteiger charge is 2.09. The molecule has 1 N–H and O–H groups in total. The van der Waals surface area contributed by atoms with E-state index in [1.54, 1.807) is 6.33 Å². The van der Waals surface area contributed by atoms with Gasteiger partial charge in [-0.25, -0.2) is 15.0 Å². The number of nitrogens with zero attached hydrogens (tertiary/aromatic N) is 4. The molecule has 5 nitrogen and oxygen atoms in total. The molecule has 0 unspecified atom stereocenters. The van der Waals surface area contributed by atoms with Crippen molar-refractivity contribution in [1.29, 1.82) is 0 Å². The number of imidazole rings is 1. The van der Waals surface area contributed by atoms with Gasteiger partial charge in [-0.15, -0.1) is 0 Å². The van der Waals surface area contributed by atoms with Gasteiger partial charge in [0.1, 0.15) is 18.0 Å². The third-order valence-electron chi connectivity index (χ3n) is 3.02. The second-order valence-corrected chi connectivity index (χ2v) is 4.26. The van der Waals surface area contributed by atoms with Crippen LogP contribution < -0.4 is 5.32 Å². The summed E-state index contributed by atoms with van der Waals surface area (Å²) in [6.45, 7) is 5.20. The molecule has 2 rings (SSSR count). The maximum absolute atomic E-state index is 4.41. The van der Waals surface area contributed by atoms with Crippen molar-refractivity contribution in [1.82, 2.24) is 19.5 Å². The van der Waals surface area contributed by atoms with Crippen LogP contribution in [0.1, 0.15) is 30.4 Å². The van der Waals surface area contributed by atoms with Crippen molar-refractivity contribution >= 4 is 5.82 Å². The molecule has 0 aliphatic carbocycles. The molecule has 0 saturated heterocycles. The Kier molecular flexibility index (Phi) is 3.92. The van der Waals surface area contributed by atoms with E-state index in [0.29, 0.717) is 0 Å². The van der Waals surface area contributed by atoms with Crippen molar-refractivity contribution in [3.05, 3.63) is 35.8 Å². The highest BCUT2D eigenvalue weighted by atomic mass is 15.1. The molecule has 2 heterocycles. The van der Waals surface area contributed by atoms with Gasteiger partial charge in [0.15, 0.2) is 0 Å². The van der Waals surface area contributed by atoms with E-state index in [4.69, 9.17) is 0 Å². The second kappa shape index (κ2) is 5.62. The average molecular weight is 245 g/mol. The Hall–Kier alpha value is -1.91. The molecule has 0 aromatic carbocycles. The zero-order chi connectivity index (χ0) is 13.0. The zero-order valence-electron chi connectivity index (χ0n) is 11.1. The lowest BCUT2D eigenvalue weighted by molar-refractivity contribution is 0.644. The van der Waals surface area contributed by atoms with Gasteiger partial charge in [-0.3, -0.25) is 0 Å². The predicted octanol–water partition coefficient (Wildman–Crippen LogP) is 2.02. The smallest absolute Gasteiger partial charge is 0.132 e. The number of aryl methyl sites for hydroxylation is 1. The maximum Gasteiger partial charge on any atom is 0.132 e. The fourth-order valence-electron chi connectivity index (χ4n) is 2.02. The highest BCUT2D eigenvalue weighted by molar-refractivity contribution is 5.44. The molecule has 0 bridgehead atoms. The summed E-state index contributed by atoms with van der Waals surface area (Å²) in [5, 5.41) is 3.08. The quantitative estimate of drug-likeness (QED) is 0.875. The molecule has 0 spiro atoms. The Balaban J connectivity index is 2.25. The van der Waals surface area contributed by atoms with Crippen LogP contribution in [0.5, 0.6) is 0 Å². The molecule has 0 aliphatic heterocycles. The van der Waals surface area contributed by atoms with Crippen LogP contribution in [0.2, 0.25) is 0 Å². The highest BCUT2D eigenvalue weighted by Crippen LogP contribution is 2.16. The monoisotopic (exact) mass is 245 g/mol. The molecule has 18 heavy (non-hydrogen) atoms. The first-order valence-corrected chi connectivity index (χ1v) is 6.24. The normalized spacial score (nSPS) is 10.6. The molecule has 0 aliphatic rings. The van der Waals surface area contributed by atoms with Crippen LogP contribution in [-0.2, 0) is 13.0 Å². The summed E-state index contributed by atoms with van der Waals surface area (Å²) in [6.07, 6.45) is 7.32. The Morgan fingerprint density at radius 3 is 2.83 bits per heavy atom. The van der Waals surface area contributed by atoms with Crippen molar-refractivity contribution in [3.63, 3.8) is 0 Å². The van der Waals surface area contributed by atoms with E-state index in [2.05, 4.69) is 31.8 Å². The SMILES string of the molecule is CCCn1ccnc1Cc1ncnc(NC)c1C. The summed E-state index contributed by atoms with van der Waals surface area (Å²) in [5.74, 6) is 1.94. The van der Waals surface area contributed by atoms with E-state index < -0.39 is 0 Å². The molecule has 0 fully saturated rings. The third kappa shape index (κ3) is 2.50. The number of anilines is 1. The summed E-state index contributed by atoms with van der Waals surface area (Å²) in [5.41, 5.74) is 2.11. The van der Waals surface area contributed by atoms with E-state index in [1.165, 1.54) is 0 Å². The molecule has 0 saturated carbocycles. The first-order valence-electron chi connectivity index (χ1n) is 6.24. The average Bonchev–Trinajstić information content (AvgIpc) is 2.80. The molecule has 5 heteroatoms. The second-order valence-electron chi connectivity index (χ2n) is 4.26. The standard InChI is InChI=1S/C13H19N5/c1-4-6-18-7-5-15-12(18)8-11-10(2)13(14-3)17-9-16-11/h5,7,9H,4,6,8H2,1-3H3,(H,14,16,17). The van der Waals surface area contributed by atoms with Gasteiger partial charge in [-0.2, -0.15) is 0 Å². The van der Waals surface area contributed by atoms with Crippen molar-refractivity contribution in [2.24, 2.45) is 0 Å². The van der Waals surface area contributed by atoms with Gasteiger partial charge in [0, 0.05) is 38.0 Å². The summed E-state index contributed by atoms with van der Waals surface area (Å²) >= 11 is 0. The van der Waals surface area contributed by atoms with Gasteiger partial charge >= 0.3 is 0 Å². The molecule has 2 aromatic heterocycles. The van der Waals surface area contributed by atoms with Gasteiger partial charge in [0.25, 0.3) is 0 Å². The van der Waals surface area contributed by atoms with Gasteiger partial charge in [-0.05, 0) is 13.3 Å². The van der Waals surface area contributed by atoms with Crippen LogP contribution in [0.15, 0.2) is 18.7 Å². The summed E-state index contributed by atoms with van der Waals surface area (Å²) in [6, 6.07) is 0. The fourth-order valence-corrected chi connectivity index (χ4v) is 2.02. The van der Waals surface area contributed by atoms with Crippen molar-refractivity contribution < 1.29 is 0 Å². The van der Waals surface area contributed by atoms with Gasteiger partial charge in [0.05, 0.1) is 5.69 Å². The largest absolute Gasteiger partial charge is 0.373 e. The first kappa shape index (κ1) is 12.5. The molecule has 0 amide bonds. The Bertz CT molecular complexity index is 518. The third-order valence-corrected chi connectivity index (χ3v) is 3.02. The molecule has 2 aromatic rings. The van der Waals surface area contributed by atoms with Crippen LogP contribution in [0.3, 0.4) is 0 Å². The van der Waals surface area contributed by atoms with Gasteiger partial charge < -0.3 is 9.88 Å². The number of hydrogen-bond donors (Lipinski definition) is 1. The summed E-state index contributed by atoms with van der Waals surface area (Å²) in [4.78, 5) is 13.0. The summed E-state index contributed by atoms with van der Waals surface area (Å²) in [7, 11) is 1.87. The van der Waals surface area contributed by atoms with Crippen LogP contribution in [0.25, 0.3) is 0 Å². The topological polar surface area (TPSA) is 55.6 Å². The summed E-state index contributed by atoms with van der Waals surface area (Å²) < 4.78 is 2.18. The minimum atomic E-state index is 0.746. The van der Waals surface area contributed by atoms with E-state index in [0.717, 1.165) is 42.3 Å². The van der Waals surface area contributed by atoms with Crippen molar-refractivity contribution in [2.75, 3.05) is 12.4 Å². The lowest BCUT2D eigenvalue weighted by Crippen LogP contribution is -2.07. The molecular formula is C13H19N5. The number of rotatable bonds is 5. The van der Waals surface area contributed by atoms with Crippen LogP contribution in [0, 0.1) is 6.92 Å². The van der Waals surface area contributed by atoms with E-state index in [1.807, 2.05) is 26.4 Å². The Morgan fingerprint density at radius 2 is 2.11 bits per heavy atom.